The third-order valence-corrected chi connectivity index (χ3v) is 4.48. The highest BCUT2D eigenvalue weighted by atomic mass is 16.5. The summed E-state index contributed by atoms with van der Waals surface area (Å²) in [6.07, 6.45) is 10.3. The molecule has 0 aliphatic heterocycles. The third kappa shape index (κ3) is 3.56. The smallest absolute Gasteiger partial charge is 0.270 e. The Balaban J connectivity index is 1.64. The van der Waals surface area contributed by atoms with Crippen molar-refractivity contribution in [3.05, 3.63) is 36.7 Å². The van der Waals surface area contributed by atoms with Gasteiger partial charge < -0.3 is 10.1 Å². The fraction of sp³-hybridized carbons (Fsp3) is 0.500. The molecule has 7 nitrogen and oxygen atoms in total. The Morgan fingerprint density at radius 3 is 2.83 bits per heavy atom. The Morgan fingerprint density at radius 2 is 2.17 bits per heavy atom. The van der Waals surface area contributed by atoms with Crippen LogP contribution in [-0.4, -0.2) is 44.2 Å². The summed E-state index contributed by atoms with van der Waals surface area (Å²) in [7, 11) is 1.75. The molecule has 0 atom stereocenters. The molecule has 0 unspecified atom stereocenters. The van der Waals surface area contributed by atoms with Crippen molar-refractivity contribution in [1.29, 1.82) is 0 Å². The molecule has 0 spiro atoms. The minimum atomic E-state index is -0.167. The first kappa shape index (κ1) is 15.6. The molecule has 0 saturated heterocycles. The van der Waals surface area contributed by atoms with Crippen molar-refractivity contribution in [2.45, 2.75) is 44.2 Å². The first-order valence-electron chi connectivity index (χ1n) is 7.77. The molecular weight excluding hydrogens is 294 g/mol. The van der Waals surface area contributed by atoms with E-state index in [0.717, 1.165) is 25.7 Å². The Kier molecular flexibility index (Phi) is 4.38. The van der Waals surface area contributed by atoms with Crippen LogP contribution >= 0.6 is 0 Å². The second-order valence-corrected chi connectivity index (χ2v) is 6.11. The van der Waals surface area contributed by atoms with Gasteiger partial charge in [-0.25, -0.2) is 15.0 Å². The number of nitrogens with one attached hydrogen (secondary N) is 1. The van der Waals surface area contributed by atoms with Gasteiger partial charge in [-0.15, -0.1) is 0 Å². The minimum Gasteiger partial charge on any atom is -0.379 e. The van der Waals surface area contributed by atoms with Gasteiger partial charge in [0.15, 0.2) is 0 Å². The maximum absolute atomic E-state index is 12.4. The zero-order chi connectivity index (χ0) is 16.3. The fourth-order valence-electron chi connectivity index (χ4n) is 2.81. The lowest BCUT2D eigenvalue weighted by Crippen LogP contribution is -2.43. The molecule has 2 heterocycles. The summed E-state index contributed by atoms with van der Waals surface area (Å²) in [5, 5.41) is 3.06. The van der Waals surface area contributed by atoms with Gasteiger partial charge in [0, 0.05) is 31.7 Å². The van der Waals surface area contributed by atoms with E-state index in [0.29, 0.717) is 11.6 Å². The van der Waals surface area contributed by atoms with Crippen LogP contribution in [0.2, 0.25) is 0 Å². The number of imidazole rings is 1. The summed E-state index contributed by atoms with van der Waals surface area (Å²) in [5.41, 5.74) is 0.300. The zero-order valence-corrected chi connectivity index (χ0v) is 13.4. The van der Waals surface area contributed by atoms with Crippen molar-refractivity contribution in [3.63, 3.8) is 0 Å². The average Bonchev–Trinajstić information content (AvgIpc) is 3.12. The van der Waals surface area contributed by atoms with E-state index in [1.165, 1.54) is 0 Å². The highest BCUT2D eigenvalue weighted by Gasteiger charge is 2.31. The van der Waals surface area contributed by atoms with Crippen molar-refractivity contribution in [1.82, 2.24) is 24.8 Å². The van der Waals surface area contributed by atoms with Crippen LogP contribution in [0.25, 0.3) is 5.95 Å². The van der Waals surface area contributed by atoms with E-state index in [4.69, 9.17) is 4.74 Å². The van der Waals surface area contributed by atoms with Crippen LogP contribution in [0.15, 0.2) is 31.0 Å². The lowest BCUT2D eigenvalue weighted by atomic mass is 9.83. The second-order valence-electron chi connectivity index (χ2n) is 6.11. The minimum absolute atomic E-state index is 0.0647. The largest absolute Gasteiger partial charge is 0.379 e. The van der Waals surface area contributed by atoms with Crippen LogP contribution in [0.5, 0.6) is 0 Å². The normalized spacial score (nSPS) is 24.3. The van der Waals surface area contributed by atoms with Gasteiger partial charge in [0.05, 0.1) is 5.60 Å². The summed E-state index contributed by atoms with van der Waals surface area (Å²) in [5.74, 6) is 0.269. The molecule has 3 rings (SSSR count). The average molecular weight is 315 g/mol. The van der Waals surface area contributed by atoms with Crippen molar-refractivity contribution in [2.24, 2.45) is 0 Å². The van der Waals surface area contributed by atoms with Crippen LogP contribution in [0.1, 0.15) is 43.1 Å². The van der Waals surface area contributed by atoms with Crippen LogP contribution in [0.4, 0.5) is 0 Å². The molecule has 1 amide bonds. The standard InChI is InChI=1S/C16H21N5O2/c1-16(23-2)6-3-12(4-7-16)19-14(22)13-5-8-18-15(20-13)21-10-9-17-11-21/h5,8-12H,3-4,6-7H2,1-2H3,(H,19,22). The molecule has 7 heteroatoms. The molecule has 0 aromatic carbocycles. The van der Waals surface area contributed by atoms with Crippen LogP contribution in [-0.2, 0) is 4.74 Å². The van der Waals surface area contributed by atoms with Crippen LogP contribution in [0.3, 0.4) is 0 Å². The van der Waals surface area contributed by atoms with Gasteiger partial charge >= 0.3 is 0 Å². The van der Waals surface area contributed by atoms with E-state index in [1.807, 2.05) is 0 Å². The monoisotopic (exact) mass is 315 g/mol. The fourth-order valence-corrected chi connectivity index (χ4v) is 2.81. The topological polar surface area (TPSA) is 81.9 Å². The first-order valence-corrected chi connectivity index (χ1v) is 7.77. The Labute approximate surface area is 135 Å². The van der Waals surface area contributed by atoms with Crippen LogP contribution < -0.4 is 5.32 Å². The molecule has 2 aromatic rings. The SMILES string of the molecule is COC1(C)CCC(NC(=O)c2ccnc(-n3ccnc3)n2)CC1. The number of nitrogens with zero attached hydrogens (tertiary/aromatic N) is 4. The number of aromatic nitrogens is 4. The third-order valence-electron chi connectivity index (χ3n) is 4.48. The Hall–Kier alpha value is -2.28. The summed E-state index contributed by atoms with van der Waals surface area (Å²) in [6.45, 7) is 2.12. The van der Waals surface area contributed by atoms with Gasteiger partial charge in [0.25, 0.3) is 5.91 Å². The van der Waals surface area contributed by atoms with E-state index >= 15 is 0 Å². The van der Waals surface area contributed by atoms with Crippen molar-refractivity contribution < 1.29 is 9.53 Å². The summed E-state index contributed by atoms with van der Waals surface area (Å²) in [4.78, 5) is 24.8. The van der Waals surface area contributed by atoms with Gasteiger partial charge in [-0.1, -0.05) is 0 Å². The number of hydrogen-bond donors (Lipinski definition) is 1. The molecule has 23 heavy (non-hydrogen) atoms. The summed E-state index contributed by atoms with van der Waals surface area (Å²) < 4.78 is 7.20. The molecule has 1 aliphatic carbocycles. The molecule has 1 fully saturated rings. The molecule has 1 N–H and O–H groups in total. The number of ether oxygens (including phenoxy) is 1. The quantitative estimate of drug-likeness (QED) is 0.929. The lowest BCUT2D eigenvalue weighted by molar-refractivity contribution is -0.0287. The molecule has 2 aromatic heterocycles. The lowest BCUT2D eigenvalue weighted by Gasteiger charge is -2.36. The molecule has 1 saturated carbocycles. The van der Waals surface area contributed by atoms with E-state index in [9.17, 15) is 4.79 Å². The van der Waals surface area contributed by atoms with Gasteiger partial charge in [-0.3, -0.25) is 9.36 Å². The van der Waals surface area contributed by atoms with E-state index in [-0.39, 0.29) is 17.6 Å². The molecule has 0 radical (unpaired) electrons. The van der Waals surface area contributed by atoms with Gasteiger partial charge in [-0.2, -0.15) is 0 Å². The first-order chi connectivity index (χ1) is 11.1. The van der Waals surface area contributed by atoms with E-state index in [2.05, 4.69) is 27.2 Å². The molecule has 1 aliphatic rings. The second kappa shape index (κ2) is 6.45. The van der Waals surface area contributed by atoms with Gasteiger partial charge in [0.1, 0.15) is 12.0 Å². The number of carbonyl (C=O) groups excluding carboxylic acids is 1. The van der Waals surface area contributed by atoms with Crippen LogP contribution in [0, 0.1) is 0 Å². The number of hydrogen-bond acceptors (Lipinski definition) is 5. The van der Waals surface area contributed by atoms with Gasteiger partial charge in [0.2, 0.25) is 5.95 Å². The van der Waals surface area contributed by atoms with Crippen molar-refractivity contribution in [3.8, 4) is 5.95 Å². The maximum atomic E-state index is 12.4. The number of amides is 1. The van der Waals surface area contributed by atoms with Crippen molar-refractivity contribution >= 4 is 5.91 Å². The highest BCUT2D eigenvalue weighted by Crippen LogP contribution is 2.30. The summed E-state index contributed by atoms with van der Waals surface area (Å²) in [6, 6.07) is 1.79. The molecule has 0 bridgehead atoms. The molecular formula is C16H21N5O2. The number of rotatable bonds is 4. The maximum Gasteiger partial charge on any atom is 0.270 e. The zero-order valence-electron chi connectivity index (χ0n) is 13.4. The molecule has 122 valence electrons. The van der Waals surface area contributed by atoms with Crippen molar-refractivity contribution in [2.75, 3.05) is 7.11 Å². The highest BCUT2D eigenvalue weighted by molar-refractivity contribution is 5.92. The van der Waals surface area contributed by atoms with E-state index < -0.39 is 0 Å². The number of carbonyl (C=O) groups is 1. The Morgan fingerprint density at radius 1 is 1.39 bits per heavy atom. The summed E-state index contributed by atoms with van der Waals surface area (Å²) >= 11 is 0. The van der Waals surface area contributed by atoms with E-state index in [1.54, 1.807) is 42.7 Å². The van der Waals surface area contributed by atoms with Gasteiger partial charge in [-0.05, 0) is 38.7 Å². The predicted octanol–water partition coefficient (Wildman–Crippen LogP) is 1.74. The number of methoxy groups -OCH3 is 1. The predicted molar refractivity (Wildman–Crippen MR) is 84.3 cm³/mol. The Bertz CT molecular complexity index is 663.